The van der Waals surface area contributed by atoms with Gasteiger partial charge in [-0.3, -0.25) is 4.98 Å². The average Bonchev–Trinajstić information content (AvgIpc) is 2.63. The van der Waals surface area contributed by atoms with Gasteiger partial charge in [-0.05, 0) is 48.6 Å². The van der Waals surface area contributed by atoms with Crippen molar-refractivity contribution in [2.24, 2.45) is 0 Å². The van der Waals surface area contributed by atoms with E-state index in [1.54, 1.807) is 12.4 Å². The van der Waals surface area contributed by atoms with Gasteiger partial charge in [-0.1, -0.05) is 0 Å². The molecule has 0 spiro atoms. The van der Waals surface area contributed by atoms with Gasteiger partial charge in [0.25, 0.3) is 0 Å². The van der Waals surface area contributed by atoms with Gasteiger partial charge in [-0.25, -0.2) is 0 Å². The summed E-state index contributed by atoms with van der Waals surface area (Å²) in [6, 6.07) is 9.44. The first-order chi connectivity index (χ1) is 12.4. The Balaban J connectivity index is 1.51. The molecule has 1 aliphatic heterocycles. The molecule has 1 fully saturated rings. The van der Waals surface area contributed by atoms with Crippen LogP contribution in [0.5, 0.6) is 5.75 Å². The predicted octanol–water partition coefficient (Wildman–Crippen LogP) is 3.50. The van der Waals surface area contributed by atoms with Gasteiger partial charge in [0.15, 0.2) is 5.11 Å². The molecule has 0 atom stereocenters. The molecule has 0 aliphatic carbocycles. The summed E-state index contributed by atoms with van der Waals surface area (Å²) in [4.78, 5) is 8.31. The van der Waals surface area contributed by atoms with E-state index in [1.165, 1.54) is 24.3 Å². The molecule has 138 valence electrons. The van der Waals surface area contributed by atoms with Crippen LogP contribution in [0, 0.1) is 0 Å². The molecule has 2 aromatic rings. The predicted molar refractivity (Wildman–Crippen MR) is 97.4 cm³/mol. The molecule has 1 aromatic carbocycles. The minimum atomic E-state index is -4.70. The van der Waals surface area contributed by atoms with Crippen LogP contribution in [0.15, 0.2) is 48.8 Å². The van der Waals surface area contributed by atoms with Crippen LogP contribution in [0.4, 0.5) is 24.5 Å². The van der Waals surface area contributed by atoms with Crippen LogP contribution in [0.2, 0.25) is 0 Å². The van der Waals surface area contributed by atoms with Gasteiger partial charge >= 0.3 is 6.36 Å². The third-order valence-corrected chi connectivity index (χ3v) is 4.29. The molecule has 0 radical (unpaired) electrons. The lowest BCUT2D eigenvalue weighted by atomic mass is 10.2. The number of benzene rings is 1. The Labute approximate surface area is 154 Å². The Morgan fingerprint density at radius 2 is 1.62 bits per heavy atom. The number of piperazine rings is 1. The van der Waals surface area contributed by atoms with Crippen molar-refractivity contribution in [1.29, 1.82) is 0 Å². The smallest absolute Gasteiger partial charge is 0.406 e. The van der Waals surface area contributed by atoms with Gasteiger partial charge in [-0.2, -0.15) is 0 Å². The Hall–Kier alpha value is -2.55. The summed E-state index contributed by atoms with van der Waals surface area (Å²) >= 11 is 5.41. The van der Waals surface area contributed by atoms with Crippen LogP contribution < -0.4 is 15.0 Å². The standard InChI is InChI=1S/C17H17F3N4OS/c18-17(19,20)25-15-3-1-13(2-4-15)22-16(26)24-11-9-23(10-12-24)14-5-7-21-8-6-14/h1-8H,9-12H2,(H,22,26). The first-order valence-corrected chi connectivity index (χ1v) is 8.38. The van der Waals surface area contributed by atoms with Gasteiger partial charge in [0.1, 0.15) is 5.75 Å². The minimum absolute atomic E-state index is 0.264. The molecule has 1 aliphatic rings. The van der Waals surface area contributed by atoms with Crippen molar-refractivity contribution in [3.63, 3.8) is 0 Å². The van der Waals surface area contributed by atoms with E-state index in [1.807, 2.05) is 17.0 Å². The Kier molecular flexibility index (Phi) is 5.46. The molecule has 3 rings (SSSR count). The SMILES string of the molecule is FC(F)(F)Oc1ccc(NC(=S)N2CCN(c3ccncc3)CC2)cc1. The number of thiocarbonyl (C=S) groups is 1. The number of hydrogen-bond acceptors (Lipinski definition) is 4. The van der Waals surface area contributed by atoms with E-state index in [-0.39, 0.29) is 5.75 Å². The summed E-state index contributed by atoms with van der Waals surface area (Å²) in [7, 11) is 0. The monoisotopic (exact) mass is 382 g/mol. The summed E-state index contributed by atoms with van der Waals surface area (Å²) in [5.74, 6) is -0.264. The lowest BCUT2D eigenvalue weighted by molar-refractivity contribution is -0.274. The second-order valence-corrected chi connectivity index (χ2v) is 6.07. The van der Waals surface area contributed by atoms with Gasteiger partial charge in [0.2, 0.25) is 0 Å². The largest absolute Gasteiger partial charge is 0.573 e. The zero-order valence-electron chi connectivity index (χ0n) is 13.7. The highest BCUT2D eigenvalue weighted by Crippen LogP contribution is 2.24. The van der Waals surface area contributed by atoms with Crippen LogP contribution in [0.1, 0.15) is 0 Å². The van der Waals surface area contributed by atoms with Crippen LogP contribution >= 0.6 is 12.2 Å². The quantitative estimate of drug-likeness (QED) is 0.820. The normalized spacial score (nSPS) is 14.9. The van der Waals surface area contributed by atoms with Crippen molar-refractivity contribution >= 4 is 28.7 Å². The van der Waals surface area contributed by atoms with Crippen LogP contribution in [0.25, 0.3) is 0 Å². The topological polar surface area (TPSA) is 40.6 Å². The molecule has 0 saturated carbocycles. The number of ether oxygens (including phenoxy) is 1. The molecule has 0 amide bonds. The van der Waals surface area contributed by atoms with Gasteiger partial charge < -0.3 is 19.9 Å². The minimum Gasteiger partial charge on any atom is -0.406 e. The Bertz CT molecular complexity index is 732. The van der Waals surface area contributed by atoms with E-state index >= 15 is 0 Å². The first kappa shape index (κ1) is 18.2. The summed E-state index contributed by atoms with van der Waals surface area (Å²) in [5.41, 5.74) is 1.74. The maximum absolute atomic E-state index is 12.2. The van der Waals surface area contributed by atoms with Crippen molar-refractivity contribution in [1.82, 2.24) is 9.88 Å². The maximum atomic E-state index is 12.2. The van der Waals surface area contributed by atoms with Gasteiger partial charge in [-0.15, -0.1) is 13.2 Å². The molecular formula is C17H17F3N4OS. The highest BCUT2D eigenvalue weighted by molar-refractivity contribution is 7.80. The number of aromatic nitrogens is 1. The van der Waals surface area contributed by atoms with Gasteiger partial charge in [0, 0.05) is 49.9 Å². The molecule has 0 unspecified atom stereocenters. The van der Waals surface area contributed by atoms with Crippen molar-refractivity contribution < 1.29 is 17.9 Å². The lowest BCUT2D eigenvalue weighted by Crippen LogP contribution is -2.50. The molecule has 0 bridgehead atoms. The molecule has 5 nitrogen and oxygen atoms in total. The van der Waals surface area contributed by atoms with E-state index in [0.717, 1.165) is 31.9 Å². The van der Waals surface area contributed by atoms with E-state index in [2.05, 4.69) is 19.9 Å². The van der Waals surface area contributed by atoms with Crippen molar-refractivity contribution in [2.75, 3.05) is 36.4 Å². The Morgan fingerprint density at radius 1 is 1.00 bits per heavy atom. The number of rotatable bonds is 3. The van der Waals surface area contributed by atoms with Crippen LogP contribution in [-0.4, -0.2) is 47.5 Å². The number of nitrogens with one attached hydrogen (secondary N) is 1. The second-order valence-electron chi connectivity index (χ2n) is 5.68. The highest BCUT2D eigenvalue weighted by atomic mass is 32.1. The van der Waals surface area contributed by atoms with E-state index in [0.29, 0.717) is 10.8 Å². The maximum Gasteiger partial charge on any atom is 0.573 e. The number of alkyl halides is 3. The molecule has 2 heterocycles. The number of hydrogen-bond donors (Lipinski definition) is 1. The molecule has 26 heavy (non-hydrogen) atoms. The molecule has 1 N–H and O–H groups in total. The lowest BCUT2D eigenvalue weighted by Gasteiger charge is -2.37. The molecule has 9 heteroatoms. The Morgan fingerprint density at radius 3 is 2.19 bits per heavy atom. The highest BCUT2D eigenvalue weighted by Gasteiger charge is 2.31. The fourth-order valence-corrected chi connectivity index (χ4v) is 2.97. The summed E-state index contributed by atoms with van der Waals surface area (Å²) < 4.78 is 40.4. The summed E-state index contributed by atoms with van der Waals surface area (Å²) in [6.07, 6.45) is -1.17. The van der Waals surface area contributed by atoms with Crippen molar-refractivity contribution in [3.05, 3.63) is 48.8 Å². The number of pyridine rings is 1. The van der Waals surface area contributed by atoms with E-state index < -0.39 is 6.36 Å². The van der Waals surface area contributed by atoms with Crippen molar-refractivity contribution in [3.8, 4) is 5.75 Å². The second kappa shape index (κ2) is 7.77. The van der Waals surface area contributed by atoms with E-state index in [9.17, 15) is 13.2 Å². The zero-order chi connectivity index (χ0) is 18.6. The zero-order valence-corrected chi connectivity index (χ0v) is 14.6. The first-order valence-electron chi connectivity index (χ1n) is 7.97. The van der Waals surface area contributed by atoms with Gasteiger partial charge in [0.05, 0.1) is 0 Å². The summed E-state index contributed by atoms with van der Waals surface area (Å²) in [5, 5.41) is 3.59. The van der Waals surface area contributed by atoms with Crippen LogP contribution in [0.3, 0.4) is 0 Å². The fraction of sp³-hybridized carbons (Fsp3) is 0.294. The third kappa shape index (κ3) is 4.98. The number of anilines is 2. The van der Waals surface area contributed by atoms with Crippen molar-refractivity contribution in [2.45, 2.75) is 6.36 Å². The number of halogens is 3. The average molecular weight is 382 g/mol. The molecule has 1 saturated heterocycles. The fourth-order valence-electron chi connectivity index (χ4n) is 2.67. The molecule has 1 aromatic heterocycles. The third-order valence-electron chi connectivity index (χ3n) is 3.93. The van der Waals surface area contributed by atoms with E-state index in [4.69, 9.17) is 12.2 Å². The summed E-state index contributed by atoms with van der Waals surface area (Å²) in [6.45, 7) is 3.15. The van der Waals surface area contributed by atoms with Crippen LogP contribution in [-0.2, 0) is 0 Å². The molecular weight excluding hydrogens is 365 g/mol. The number of nitrogens with zero attached hydrogens (tertiary/aromatic N) is 3.